The number of aliphatic hydroxyl groups excluding tert-OH is 1. The number of hydrogen-bond donors (Lipinski definition) is 2. The van der Waals surface area contributed by atoms with Crippen LogP contribution in [-0.4, -0.2) is 49.9 Å². The van der Waals surface area contributed by atoms with E-state index in [1.54, 1.807) is 0 Å². The molecule has 0 spiro atoms. The Balaban J connectivity index is 2.12. The van der Waals surface area contributed by atoms with Crippen LogP contribution in [0, 0.1) is 6.92 Å². The predicted octanol–water partition coefficient (Wildman–Crippen LogP) is 1.84. The average molecular weight is 285 g/mol. The molecular formula is C14H21ClN2O2. The van der Waals surface area contributed by atoms with Crippen molar-refractivity contribution in [1.82, 2.24) is 0 Å². The van der Waals surface area contributed by atoms with Gasteiger partial charge in [0.1, 0.15) is 0 Å². The van der Waals surface area contributed by atoms with Crippen molar-refractivity contribution < 1.29 is 9.84 Å². The van der Waals surface area contributed by atoms with Gasteiger partial charge in [0.25, 0.3) is 0 Å². The molecule has 0 saturated carbocycles. The highest BCUT2D eigenvalue weighted by Crippen LogP contribution is 2.27. The summed E-state index contributed by atoms with van der Waals surface area (Å²) in [5.74, 6) is 0.242. The fourth-order valence-corrected chi connectivity index (χ4v) is 2.26. The number of morpholine rings is 1. The van der Waals surface area contributed by atoms with Gasteiger partial charge in [-0.3, -0.25) is 0 Å². The molecule has 106 valence electrons. The number of ether oxygens (including phenoxy) is 1. The van der Waals surface area contributed by atoms with Crippen molar-refractivity contribution in [3.8, 4) is 0 Å². The number of nitrogens with one attached hydrogen (secondary N) is 1. The zero-order valence-electron chi connectivity index (χ0n) is 11.2. The summed E-state index contributed by atoms with van der Waals surface area (Å²) in [5, 5.41) is 12.8. The summed E-state index contributed by atoms with van der Waals surface area (Å²) < 4.78 is 5.38. The Labute approximate surface area is 119 Å². The summed E-state index contributed by atoms with van der Waals surface area (Å²) in [6.45, 7) is 5.84. The van der Waals surface area contributed by atoms with Gasteiger partial charge in [0.2, 0.25) is 0 Å². The van der Waals surface area contributed by atoms with Gasteiger partial charge in [-0.15, -0.1) is 11.6 Å². The first-order valence-electron chi connectivity index (χ1n) is 6.62. The van der Waals surface area contributed by atoms with Crippen LogP contribution in [0.4, 0.5) is 11.4 Å². The first-order valence-corrected chi connectivity index (χ1v) is 7.15. The summed E-state index contributed by atoms with van der Waals surface area (Å²) in [7, 11) is 0. The number of nitrogens with zero attached hydrogens (tertiary/aromatic N) is 1. The van der Waals surface area contributed by atoms with E-state index in [4.69, 9.17) is 16.3 Å². The average Bonchev–Trinajstić information content (AvgIpc) is 2.45. The van der Waals surface area contributed by atoms with Crippen molar-refractivity contribution in [2.24, 2.45) is 0 Å². The van der Waals surface area contributed by atoms with E-state index in [1.807, 2.05) is 0 Å². The Morgan fingerprint density at radius 3 is 2.84 bits per heavy atom. The summed E-state index contributed by atoms with van der Waals surface area (Å²) in [4.78, 5) is 2.30. The number of alkyl halides is 1. The van der Waals surface area contributed by atoms with Crippen molar-refractivity contribution in [2.75, 3.05) is 48.9 Å². The predicted molar refractivity (Wildman–Crippen MR) is 79.4 cm³/mol. The summed E-state index contributed by atoms with van der Waals surface area (Å²) in [6.07, 6.45) is -0.528. The highest BCUT2D eigenvalue weighted by atomic mass is 35.5. The summed E-state index contributed by atoms with van der Waals surface area (Å²) >= 11 is 5.62. The molecule has 1 aromatic rings. The number of aliphatic hydroxyl groups is 1. The molecule has 19 heavy (non-hydrogen) atoms. The Kier molecular flexibility index (Phi) is 5.31. The molecule has 1 fully saturated rings. The number of benzene rings is 1. The second-order valence-electron chi connectivity index (χ2n) is 4.81. The van der Waals surface area contributed by atoms with Gasteiger partial charge < -0.3 is 20.1 Å². The fourth-order valence-electron chi connectivity index (χ4n) is 2.15. The van der Waals surface area contributed by atoms with Gasteiger partial charge in [-0.1, -0.05) is 6.07 Å². The van der Waals surface area contributed by atoms with E-state index in [2.05, 4.69) is 35.3 Å². The molecule has 1 aliphatic rings. The minimum atomic E-state index is -0.528. The molecule has 1 saturated heterocycles. The first kappa shape index (κ1) is 14.4. The van der Waals surface area contributed by atoms with Crippen LogP contribution in [0.15, 0.2) is 18.2 Å². The molecular weight excluding hydrogens is 264 g/mol. The van der Waals surface area contributed by atoms with Gasteiger partial charge in [-0.25, -0.2) is 0 Å². The maximum atomic E-state index is 9.56. The Hall–Kier alpha value is -0.970. The highest BCUT2D eigenvalue weighted by Gasteiger charge is 2.15. The standard InChI is InChI=1S/C14H21ClN2O2/c1-11-2-3-14(17-4-6-19-7-5-17)13(8-11)16-10-12(18)9-15/h2-3,8,12,16,18H,4-7,9-10H2,1H3. The van der Waals surface area contributed by atoms with Gasteiger partial charge in [0, 0.05) is 19.6 Å². The number of aryl methyl sites for hydroxylation is 1. The number of anilines is 2. The molecule has 2 N–H and O–H groups in total. The molecule has 1 heterocycles. The zero-order chi connectivity index (χ0) is 13.7. The van der Waals surface area contributed by atoms with Crippen LogP contribution >= 0.6 is 11.6 Å². The lowest BCUT2D eigenvalue weighted by molar-refractivity contribution is 0.123. The lowest BCUT2D eigenvalue weighted by Gasteiger charge is -2.31. The van der Waals surface area contributed by atoms with Crippen LogP contribution in [0.3, 0.4) is 0 Å². The van der Waals surface area contributed by atoms with E-state index in [9.17, 15) is 5.11 Å². The summed E-state index contributed by atoms with van der Waals surface area (Å²) in [6, 6.07) is 6.33. The highest BCUT2D eigenvalue weighted by molar-refractivity contribution is 6.18. The Morgan fingerprint density at radius 1 is 1.42 bits per heavy atom. The van der Waals surface area contributed by atoms with Crippen LogP contribution in [0.25, 0.3) is 0 Å². The fraction of sp³-hybridized carbons (Fsp3) is 0.571. The molecule has 4 nitrogen and oxygen atoms in total. The topological polar surface area (TPSA) is 44.7 Å². The third-order valence-corrected chi connectivity index (χ3v) is 3.57. The van der Waals surface area contributed by atoms with Crippen molar-refractivity contribution in [3.63, 3.8) is 0 Å². The molecule has 5 heteroatoms. The minimum absolute atomic E-state index is 0.242. The van der Waals surface area contributed by atoms with E-state index >= 15 is 0 Å². The van der Waals surface area contributed by atoms with Crippen LogP contribution in [0.2, 0.25) is 0 Å². The molecule has 2 rings (SSSR count). The monoisotopic (exact) mass is 284 g/mol. The van der Waals surface area contributed by atoms with Crippen LogP contribution in [0.5, 0.6) is 0 Å². The lowest BCUT2D eigenvalue weighted by Crippen LogP contribution is -2.36. The van der Waals surface area contributed by atoms with Gasteiger partial charge in [0.15, 0.2) is 0 Å². The molecule has 0 amide bonds. The largest absolute Gasteiger partial charge is 0.390 e. The quantitative estimate of drug-likeness (QED) is 0.810. The maximum Gasteiger partial charge on any atom is 0.0847 e. The Morgan fingerprint density at radius 2 is 2.16 bits per heavy atom. The van der Waals surface area contributed by atoms with Crippen LogP contribution in [0.1, 0.15) is 5.56 Å². The van der Waals surface area contributed by atoms with Gasteiger partial charge in [-0.2, -0.15) is 0 Å². The van der Waals surface area contributed by atoms with E-state index in [0.717, 1.165) is 37.7 Å². The molecule has 0 radical (unpaired) electrons. The normalized spacial score (nSPS) is 17.3. The molecule has 1 aliphatic heterocycles. The van der Waals surface area contributed by atoms with E-state index in [0.29, 0.717) is 6.54 Å². The van der Waals surface area contributed by atoms with Crippen molar-refractivity contribution in [3.05, 3.63) is 23.8 Å². The number of rotatable bonds is 5. The molecule has 0 aromatic heterocycles. The van der Waals surface area contributed by atoms with E-state index < -0.39 is 6.10 Å². The third-order valence-electron chi connectivity index (χ3n) is 3.21. The van der Waals surface area contributed by atoms with Crippen molar-refractivity contribution in [1.29, 1.82) is 0 Å². The van der Waals surface area contributed by atoms with Crippen LogP contribution in [-0.2, 0) is 4.74 Å². The molecule has 0 bridgehead atoms. The number of halogens is 1. The smallest absolute Gasteiger partial charge is 0.0847 e. The van der Waals surface area contributed by atoms with Crippen LogP contribution < -0.4 is 10.2 Å². The molecule has 1 unspecified atom stereocenters. The van der Waals surface area contributed by atoms with Gasteiger partial charge in [-0.05, 0) is 24.6 Å². The second-order valence-corrected chi connectivity index (χ2v) is 5.12. The van der Waals surface area contributed by atoms with Crippen molar-refractivity contribution >= 4 is 23.0 Å². The molecule has 0 aliphatic carbocycles. The van der Waals surface area contributed by atoms with Gasteiger partial charge >= 0.3 is 0 Å². The van der Waals surface area contributed by atoms with Crippen molar-refractivity contribution in [2.45, 2.75) is 13.0 Å². The molecule has 1 aromatic carbocycles. The third kappa shape index (κ3) is 4.00. The summed E-state index contributed by atoms with van der Waals surface area (Å²) in [5.41, 5.74) is 3.40. The van der Waals surface area contributed by atoms with E-state index in [1.165, 1.54) is 5.56 Å². The Bertz CT molecular complexity index is 408. The first-order chi connectivity index (χ1) is 9.20. The van der Waals surface area contributed by atoms with E-state index in [-0.39, 0.29) is 5.88 Å². The SMILES string of the molecule is Cc1ccc(N2CCOCC2)c(NCC(O)CCl)c1. The second kappa shape index (κ2) is 6.98. The number of hydrogen-bond acceptors (Lipinski definition) is 4. The zero-order valence-corrected chi connectivity index (χ0v) is 12.0. The minimum Gasteiger partial charge on any atom is -0.390 e. The molecule has 1 atom stereocenters. The van der Waals surface area contributed by atoms with Gasteiger partial charge in [0.05, 0.1) is 36.6 Å². The maximum absolute atomic E-state index is 9.56. The lowest BCUT2D eigenvalue weighted by atomic mass is 10.1.